The SMILES string of the molecule is CC1=C[C@@H]2[C@H]([C@H](CO[Si](c3ccccc3)(c3ccccc3)C(C)(C)C)[C@@H]1CO)[C@@H](C)CC[C@@H]2O[Si](C(C)C)(C(C)C)C(C)C.CCOC(=O)/C=C/CP(C)(C)=O. The van der Waals surface area contributed by atoms with Crippen LogP contribution in [0, 0.1) is 29.6 Å². The molecule has 6 atom stereocenters. The van der Waals surface area contributed by atoms with E-state index in [9.17, 15) is 14.5 Å². The molecule has 0 heterocycles. The van der Waals surface area contributed by atoms with E-state index in [1.165, 1.54) is 28.4 Å². The molecule has 6 nitrogen and oxygen atoms in total. The molecule has 0 aliphatic heterocycles. The van der Waals surface area contributed by atoms with Gasteiger partial charge in [-0.2, -0.15) is 0 Å². The van der Waals surface area contributed by atoms with Gasteiger partial charge in [0.05, 0.1) is 19.9 Å². The highest BCUT2D eigenvalue weighted by Crippen LogP contribution is 2.53. The number of hydrogen-bond acceptors (Lipinski definition) is 6. The highest BCUT2D eigenvalue weighted by molar-refractivity contribution is 7.62. The molecule has 0 spiro atoms. The molecule has 1 N–H and O–H groups in total. The maximum absolute atomic E-state index is 11.2. The van der Waals surface area contributed by atoms with Crippen LogP contribution in [-0.2, 0) is 22.9 Å². The van der Waals surface area contributed by atoms with Gasteiger partial charge in [0, 0.05) is 37.3 Å². The van der Waals surface area contributed by atoms with Gasteiger partial charge in [0.15, 0.2) is 0 Å². The molecule has 0 aromatic heterocycles. The topological polar surface area (TPSA) is 82.1 Å². The number of rotatable bonds is 15. The summed E-state index contributed by atoms with van der Waals surface area (Å²) >= 11 is 0. The Bertz CT molecular complexity index is 1550. The number of carbonyl (C=O) groups excluding carboxylic acids is 1. The molecule has 2 aromatic carbocycles. The first kappa shape index (κ1) is 48.3. The lowest BCUT2D eigenvalue weighted by molar-refractivity contribution is -0.137. The summed E-state index contributed by atoms with van der Waals surface area (Å²) in [6.07, 6.45) is 8.42. The standard InChI is InChI=1S/C39H62O3Si2.C8H15O3P/c1-27(2)43(28(3)4,29(5)6)42-37-23-22-30(7)38-34(37)24-31(8)35(25-40)36(38)26-41-44(39(9,10)11,32-18-14-12-15-19-32)33-20-16-13-17-21-33;1-4-11-8(9)6-5-7-12(2,3)10/h12-21,24,27-30,34-38,40H,22-23,25-26H2,1-11H3;5-6H,4,7H2,1-3H3/b;6-5+/t30-,34-,35+,36+,37-,38+;/m0./s1. The number of hydrogen-bond donors (Lipinski definition) is 1. The van der Waals surface area contributed by atoms with Gasteiger partial charge >= 0.3 is 5.97 Å². The highest BCUT2D eigenvalue weighted by atomic mass is 31.2. The Kier molecular flexibility index (Phi) is 17.9. The van der Waals surface area contributed by atoms with Crippen molar-refractivity contribution >= 4 is 40.1 Å². The second kappa shape index (κ2) is 20.8. The minimum Gasteiger partial charge on any atom is -0.463 e. The smallest absolute Gasteiger partial charge is 0.330 e. The van der Waals surface area contributed by atoms with Crippen LogP contribution >= 0.6 is 7.14 Å². The Hall–Kier alpha value is -2.07. The van der Waals surface area contributed by atoms with Gasteiger partial charge in [-0.3, -0.25) is 0 Å². The fraction of sp³-hybridized carbons (Fsp3) is 0.638. The molecule has 4 rings (SSSR count). The zero-order valence-corrected chi connectivity index (χ0v) is 40.3. The third-order valence-corrected chi connectivity index (χ3v) is 25.0. The second-order valence-corrected chi connectivity index (χ2v) is 32.2. The number of fused-ring (bicyclic) bond motifs is 1. The monoisotopic (exact) mass is 824 g/mol. The Labute approximate surface area is 343 Å². The van der Waals surface area contributed by atoms with Crippen LogP contribution in [0.5, 0.6) is 0 Å². The maximum Gasteiger partial charge on any atom is 0.330 e. The summed E-state index contributed by atoms with van der Waals surface area (Å²) in [6.45, 7) is 32.5. The predicted octanol–water partition coefficient (Wildman–Crippen LogP) is 10.7. The van der Waals surface area contributed by atoms with Gasteiger partial charge < -0.3 is 23.3 Å². The number of aliphatic hydroxyl groups excluding tert-OH is 1. The Morgan fingerprint density at radius 2 is 1.43 bits per heavy atom. The summed E-state index contributed by atoms with van der Waals surface area (Å²) in [5.74, 6) is 1.32. The minimum absolute atomic E-state index is 0.0792. The van der Waals surface area contributed by atoms with E-state index in [-0.39, 0.29) is 35.6 Å². The van der Waals surface area contributed by atoms with Crippen LogP contribution in [0.3, 0.4) is 0 Å². The van der Waals surface area contributed by atoms with Crippen LogP contribution in [0.2, 0.25) is 21.7 Å². The number of benzene rings is 2. The summed E-state index contributed by atoms with van der Waals surface area (Å²) in [4.78, 5) is 10.7. The van der Waals surface area contributed by atoms with Crippen molar-refractivity contribution in [3.05, 3.63) is 84.5 Å². The maximum atomic E-state index is 11.2. The average molecular weight is 825 g/mol. The van der Waals surface area contributed by atoms with Gasteiger partial charge in [0.2, 0.25) is 8.32 Å². The van der Waals surface area contributed by atoms with Gasteiger partial charge in [-0.1, -0.05) is 148 Å². The van der Waals surface area contributed by atoms with Crippen LogP contribution in [0.1, 0.15) is 95.9 Å². The molecular weight excluding hydrogens is 748 g/mol. The summed E-state index contributed by atoms with van der Waals surface area (Å²) in [5.41, 5.74) is 3.01. The van der Waals surface area contributed by atoms with Crippen molar-refractivity contribution in [2.45, 2.75) is 124 Å². The zero-order valence-electron chi connectivity index (χ0n) is 37.4. The third kappa shape index (κ3) is 11.4. The molecule has 314 valence electrons. The lowest BCUT2D eigenvalue weighted by Crippen LogP contribution is -2.67. The Morgan fingerprint density at radius 3 is 1.86 bits per heavy atom. The summed E-state index contributed by atoms with van der Waals surface area (Å²) in [7, 11) is -6.78. The summed E-state index contributed by atoms with van der Waals surface area (Å²) < 4.78 is 31.0. The number of aliphatic hydroxyl groups is 1. The quantitative estimate of drug-likeness (QED) is 0.0633. The predicted molar refractivity (Wildman–Crippen MR) is 243 cm³/mol. The first-order valence-corrected chi connectivity index (χ1v) is 28.1. The Balaban J connectivity index is 0.000000604. The first-order chi connectivity index (χ1) is 26.2. The molecule has 56 heavy (non-hydrogen) atoms. The second-order valence-electron chi connectivity index (χ2n) is 18.9. The van der Waals surface area contributed by atoms with Crippen LogP contribution in [0.25, 0.3) is 0 Å². The van der Waals surface area contributed by atoms with Gasteiger partial charge in [-0.05, 0) is 89.8 Å². The van der Waals surface area contributed by atoms with Crippen molar-refractivity contribution in [3.63, 3.8) is 0 Å². The number of ether oxygens (including phenoxy) is 1. The van der Waals surface area contributed by atoms with E-state index >= 15 is 0 Å². The lowest BCUT2D eigenvalue weighted by atomic mass is 9.58. The van der Waals surface area contributed by atoms with E-state index in [4.69, 9.17) is 8.85 Å². The number of esters is 1. The molecule has 0 bridgehead atoms. The summed E-state index contributed by atoms with van der Waals surface area (Å²) in [6, 6.07) is 22.0. The third-order valence-electron chi connectivity index (χ3n) is 12.7. The highest BCUT2D eigenvalue weighted by Gasteiger charge is 2.54. The van der Waals surface area contributed by atoms with Crippen molar-refractivity contribution in [3.8, 4) is 0 Å². The molecule has 0 radical (unpaired) electrons. The van der Waals surface area contributed by atoms with Crippen LogP contribution in [-0.4, -0.2) is 73.1 Å². The van der Waals surface area contributed by atoms with Crippen LogP contribution in [0.4, 0.5) is 0 Å². The van der Waals surface area contributed by atoms with Crippen molar-refractivity contribution in [1.82, 2.24) is 0 Å². The fourth-order valence-electron chi connectivity index (χ4n) is 10.3. The average Bonchev–Trinajstić information content (AvgIpc) is 3.11. The van der Waals surface area contributed by atoms with E-state index in [0.29, 0.717) is 53.8 Å². The molecule has 1 saturated carbocycles. The molecule has 2 aliphatic rings. The first-order valence-electron chi connectivity index (χ1n) is 21.3. The van der Waals surface area contributed by atoms with Crippen molar-refractivity contribution in [2.24, 2.45) is 29.6 Å². The van der Waals surface area contributed by atoms with Gasteiger partial charge in [-0.15, -0.1) is 0 Å². The molecule has 2 aromatic rings. The summed E-state index contributed by atoms with van der Waals surface area (Å²) in [5, 5.41) is 13.4. The number of carbonyl (C=O) groups is 1. The Morgan fingerprint density at radius 1 is 0.911 bits per heavy atom. The molecule has 0 saturated heterocycles. The van der Waals surface area contributed by atoms with Gasteiger partial charge in [-0.25, -0.2) is 4.79 Å². The molecule has 0 unspecified atom stereocenters. The molecule has 0 amide bonds. The normalized spacial score (nSPS) is 23.5. The lowest BCUT2D eigenvalue weighted by Gasteiger charge is -2.54. The van der Waals surface area contributed by atoms with Crippen molar-refractivity contribution in [2.75, 3.05) is 39.3 Å². The van der Waals surface area contributed by atoms with E-state index in [1.54, 1.807) is 26.3 Å². The van der Waals surface area contributed by atoms with E-state index in [2.05, 4.69) is 148 Å². The zero-order chi connectivity index (χ0) is 42.1. The largest absolute Gasteiger partial charge is 0.463 e. The molecule has 2 aliphatic carbocycles. The van der Waals surface area contributed by atoms with Crippen LogP contribution in [0.15, 0.2) is 84.5 Å². The van der Waals surface area contributed by atoms with Gasteiger partial charge in [0.1, 0.15) is 0 Å². The van der Waals surface area contributed by atoms with Crippen molar-refractivity contribution < 1.29 is 28.1 Å². The van der Waals surface area contributed by atoms with Crippen LogP contribution < -0.4 is 10.4 Å². The van der Waals surface area contributed by atoms with E-state index in [1.807, 2.05) is 0 Å². The van der Waals surface area contributed by atoms with Gasteiger partial charge in [0.25, 0.3) is 8.32 Å². The number of allylic oxidation sites excluding steroid dienone is 1. The molecular formula is C47H77O6PSi2. The molecule has 1 fully saturated rings. The minimum atomic E-state index is -2.70. The molecule has 9 heteroatoms. The van der Waals surface area contributed by atoms with Crippen molar-refractivity contribution in [1.29, 1.82) is 0 Å². The van der Waals surface area contributed by atoms with E-state index < -0.39 is 23.8 Å². The fourth-order valence-corrected chi connectivity index (χ4v) is 21.1. The van der Waals surface area contributed by atoms with E-state index in [0.717, 1.165) is 6.42 Å².